The Kier molecular flexibility index (Phi) is 4.83. The molecule has 0 unspecified atom stereocenters. The maximum Gasteiger partial charge on any atom is 0.234 e. The van der Waals surface area contributed by atoms with E-state index in [1.165, 1.54) is 23.1 Å². The number of rotatable bonds is 1. The molecule has 0 aromatic heterocycles. The summed E-state index contributed by atoms with van der Waals surface area (Å²) in [5, 5.41) is 10.6. The van der Waals surface area contributed by atoms with Crippen molar-refractivity contribution in [2.45, 2.75) is 52.0 Å². The summed E-state index contributed by atoms with van der Waals surface area (Å²) in [7, 11) is 0. The Morgan fingerprint density at radius 2 is 1.76 bits per heavy atom. The number of halogens is 1. The molecule has 1 aliphatic heterocycles. The zero-order chi connectivity index (χ0) is 24.7. The van der Waals surface area contributed by atoms with Gasteiger partial charge in [0.15, 0.2) is 23.1 Å². The lowest BCUT2D eigenvalue weighted by molar-refractivity contribution is -0.145. The highest BCUT2D eigenvalue weighted by atomic mass is 19.1. The van der Waals surface area contributed by atoms with Gasteiger partial charge >= 0.3 is 0 Å². The van der Waals surface area contributed by atoms with Gasteiger partial charge < -0.3 is 5.11 Å². The minimum Gasteiger partial charge on any atom is -0.505 e. The van der Waals surface area contributed by atoms with Gasteiger partial charge in [0, 0.05) is 33.7 Å². The van der Waals surface area contributed by atoms with Gasteiger partial charge in [-0.15, -0.1) is 0 Å². The highest BCUT2D eigenvalue weighted by Crippen LogP contribution is 2.56. The minimum absolute atomic E-state index is 0.153. The van der Waals surface area contributed by atoms with Crippen LogP contribution in [0.25, 0.3) is 0 Å². The third-order valence-corrected chi connectivity index (χ3v) is 7.56. The Morgan fingerprint density at radius 1 is 1.06 bits per heavy atom. The molecular formula is C27H26FNO5. The van der Waals surface area contributed by atoms with Gasteiger partial charge in [0.1, 0.15) is 0 Å². The molecule has 3 aliphatic carbocycles. The molecule has 1 heterocycles. The summed E-state index contributed by atoms with van der Waals surface area (Å²) >= 11 is 0. The summed E-state index contributed by atoms with van der Waals surface area (Å²) in [6.07, 6.45) is 3.61. The lowest BCUT2D eigenvalue weighted by Gasteiger charge is -2.42. The van der Waals surface area contributed by atoms with Gasteiger partial charge in [-0.1, -0.05) is 23.8 Å². The summed E-state index contributed by atoms with van der Waals surface area (Å²) < 4.78 is 14.4. The smallest absolute Gasteiger partial charge is 0.234 e. The zero-order valence-corrected chi connectivity index (χ0v) is 19.5. The Hall–Kier alpha value is -3.35. The van der Waals surface area contributed by atoms with E-state index in [4.69, 9.17) is 0 Å². The molecule has 34 heavy (non-hydrogen) atoms. The molecule has 1 aromatic carbocycles. The van der Waals surface area contributed by atoms with Crippen LogP contribution in [-0.2, 0) is 19.2 Å². The number of para-hydroxylation sites is 1. The molecule has 4 atom stereocenters. The molecule has 1 N–H and O–H groups in total. The van der Waals surface area contributed by atoms with Crippen LogP contribution in [0.1, 0.15) is 52.0 Å². The predicted octanol–water partition coefficient (Wildman–Crippen LogP) is 3.76. The fourth-order valence-electron chi connectivity index (χ4n) is 6.14. The molecule has 0 spiro atoms. The number of carbonyl (C=O) groups excluding carboxylic acids is 4. The first kappa shape index (κ1) is 22.4. The first-order chi connectivity index (χ1) is 15.9. The number of aromatic hydroxyl groups is 1. The Bertz CT molecular complexity index is 1280. The van der Waals surface area contributed by atoms with Gasteiger partial charge in [-0.2, -0.15) is 0 Å². The lowest BCUT2D eigenvalue weighted by atomic mass is 9.59. The number of phenols is 1. The number of nitrogens with zero attached hydrogens (tertiary/aromatic N) is 1. The van der Waals surface area contributed by atoms with Crippen LogP contribution in [-0.4, -0.2) is 38.9 Å². The van der Waals surface area contributed by atoms with Crippen molar-refractivity contribution in [1.82, 2.24) is 4.90 Å². The molecule has 1 fully saturated rings. The van der Waals surface area contributed by atoms with E-state index >= 15 is 0 Å². The molecule has 0 saturated carbocycles. The third-order valence-electron chi connectivity index (χ3n) is 7.56. The second kappa shape index (κ2) is 7.32. The molecule has 0 bridgehead atoms. The van der Waals surface area contributed by atoms with Crippen molar-refractivity contribution >= 4 is 23.4 Å². The first-order valence-electron chi connectivity index (χ1n) is 11.5. The van der Waals surface area contributed by atoms with Gasteiger partial charge in [-0.05, 0) is 58.6 Å². The van der Waals surface area contributed by atoms with E-state index in [-0.39, 0.29) is 52.1 Å². The van der Waals surface area contributed by atoms with Gasteiger partial charge in [-0.3, -0.25) is 24.1 Å². The molecule has 176 valence electrons. The quantitative estimate of drug-likeness (QED) is 0.389. The Morgan fingerprint density at radius 3 is 2.44 bits per heavy atom. The number of carbonyl (C=O) groups is 4. The minimum atomic E-state index is -0.864. The topological polar surface area (TPSA) is 91.8 Å². The largest absolute Gasteiger partial charge is 0.505 e. The van der Waals surface area contributed by atoms with Crippen molar-refractivity contribution in [3.05, 3.63) is 64.0 Å². The predicted molar refractivity (Wildman–Crippen MR) is 121 cm³/mol. The Balaban J connectivity index is 1.71. The van der Waals surface area contributed by atoms with E-state index in [0.29, 0.717) is 12.0 Å². The van der Waals surface area contributed by atoms with E-state index < -0.39 is 40.8 Å². The third kappa shape index (κ3) is 2.99. The Labute approximate surface area is 196 Å². The maximum atomic E-state index is 14.4. The van der Waals surface area contributed by atoms with Crippen molar-refractivity contribution in [1.29, 1.82) is 0 Å². The lowest BCUT2D eigenvalue weighted by Crippen LogP contribution is -2.46. The standard InChI is InChI=1S/C27H26FNO5/c1-12-10-19(30)17-11-16-13(8-9-15-21(16)26(34)29(25(15)33)27(2,3)4)20(22(17)23(12)31)14-6-5-7-18(28)24(14)32/h5-8,10,15-16,20-21,32H,9,11H2,1-4H3/t15-,16+,20+,21-/m0/s1. The van der Waals surface area contributed by atoms with Crippen molar-refractivity contribution in [2.24, 2.45) is 17.8 Å². The number of Topliss-reactive ketones (excluding diaryl/α,β-unsaturated/α-hetero) is 1. The molecule has 7 heteroatoms. The number of allylic oxidation sites excluding steroid dienone is 6. The van der Waals surface area contributed by atoms with E-state index in [2.05, 4.69) is 0 Å². The van der Waals surface area contributed by atoms with Crippen LogP contribution in [0.2, 0.25) is 0 Å². The van der Waals surface area contributed by atoms with Crippen LogP contribution in [0.15, 0.2) is 52.6 Å². The number of benzene rings is 1. The molecule has 6 nitrogen and oxygen atoms in total. The fraction of sp³-hybridized carbons (Fsp3) is 0.407. The number of fused-ring (bicyclic) bond motifs is 3. The number of likely N-dealkylation sites (tertiary alicyclic amines) is 1. The summed E-state index contributed by atoms with van der Waals surface area (Å²) in [5.41, 5.74) is 0.971. The van der Waals surface area contributed by atoms with Crippen LogP contribution < -0.4 is 0 Å². The number of imide groups is 1. The van der Waals surface area contributed by atoms with Gasteiger partial charge in [0.2, 0.25) is 11.8 Å². The summed E-state index contributed by atoms with van der Waals surface area (Å²) in [5.74, 6) is -5.16. The first-order valence-corrected chi connectivity index (χ1v) is 11.5. The van der Waals surface area contributed by atoms with E-state index in [1.54, 1.807) is 27.7 Å². The molecule has 2 amide bonds. The molecule has 5 rings (SSSR count). The normalized spacial score (nSPS) is 29.0. The average molecular weight is 464 g/mol. The van der Waals surface area contributed by atoms with Crippen LogP contribution in [0, 0.1) is 23.6 Å². The van der Waals surface area contributed by atoms with Crippen molar-refractivity contribution in [3.8, 4) is 5.75 Å². The summed E-state index contributed by atoms with van der Waals surface area (Å²) in [6, 6.07) is 4.11. The van der Waals surface area contributed by atoms with Crippen LogP contribution >= 0.6 is 0 Å². The van der Waals surface area contributed by atoms with Crippen molar-refractivity contribution < 1.29 is 28.7 Å². The summed E-state index contributed by atoms with van der Waals surface area (Å²) in [6.45, 7) is 6.98. The molecule has 4 aliphatic rings. The maximum absolute atomic E-state index is 14.4. The second-order valence-corrected chi connectivity index (χ2v) is 10.6. The zero-order valence-electron chi connectivity index (χ0n) is 19.5. The number of ketones is 2. The van der Waals surface area contributed by atoms with Gasteiger partial charge in [0.05, 0.1) is 11.8 Å². The second-order valence-electron chi connectivity index (χ2n) is 10.6. The number of hydrogen-bond acceptors (Lipinski definition) is 5. The van der Waals surface area contributed by atoms with Gasteiger partial charge in [0.25, 0.3) is 0 Å². The van der Waals surface area contributed by atoms with E-state index in [9.17, 15) is 28.7 Å². The molecular weight excluding hydrogens is 437 g/mol. The van der Waals surface area contributed by atoms with Gasteiger partial charge in [-0.25, -0.2) is 4.39 Å². The molecule has 1 saturated heterocycles. The van der Waals surface area contributed by atoms with Crippen LogP contribution in [0.5, 0.6) is 5.75 Å². The SMILES string of the molecule is CC1=CC(=O)C2=C(C1=O)[C@@H](c1cccc(F)c1O)C1=CC[C@@H]3C(=O)N(C(C)(C)C)C(=O)[C@@H]3[C@@H]1C2. The van der Waals surface area contributed by atoms with E-state index in [1.807, 2.05) is 6.08 Å². The highest BCUT2D eigenvalue weighted by molar-refractivity contribution is 6.24. The molecule has 1 aromatic rings. The highest BCUT2D eigenvalue weighted by Gasteiger charge is 2.58. The van der Waals surface area contributed by atoms with E-state index in [0.717, 1.165) is 6.07 Å². The number of phenolic OH excluding ortho intramolecular Hbond substituents is 1. The summed E-state index contributed by atoms with van der Waals surface area (Å²) in [4.78, 5) is 54.4. The number of hydrogen-bond donors (Lipinski definition) is 1. The number of amides is 2. The fourth-order valence-corrected chi connectivity index (χ4v) is 6.14. The molecule has 0 radical (unpaired) electrons. The average Bonchev–Trinajstić information content (AvgIpc) is 3.03. The monoisotopic (exact) mass is 463 g/mol. The van der Waals surface area contributed by atoms with Crippen LogP contribution in [0.4, 0.5) is 4.39 Å². The van der Waals surface area contributed by atoms with Crippen molar-refractivity contribution in [3.63, 3.8) is 0 Å². The van der Waals surface area contributed by atoms with Crippen molar-refractivity contribution in [2.75, 3.05) is 0 Å². The van der Waals surface area contributed by atoms with Crippen LogP contribution in [0.3, 0.4) is 0 Å².